The number of carbonyl (C=O) groups is 9. The van der Waals surface area contributed by atoms with Crippen molar-refractivity contribution in [2.24, 2.45) is 0 Å². The van der Waals surface area contributed by atoms with E-state index >= 15 is 0 Å². The van der Waals surface area contributed by atoms with Gasteiger partial charge in [0.25, 0.3) is 5.97 Å². The first-order valence-electron chi connectivity index (χ1n) is 19.2. The van der Waals surface area contributed by atoms with Gasteiger partial charge >= 0.3 is 53.9 Å². The van der Waals surface area contributed by atoms with Crippen LogP contribution in [0.1, 0.15) is 62.0 Å². The van der Waals surface area contributed by atoms with Gasteiger partial charge in [0.15, 0.2) is 12.2 Å². The van der Waals surface area contributed by atoms with Gasteiger partial charge in [0.2, 0.25) is 23.0 Å². The maximum absolute atomic E-state index is 12.4. The van der Waals surface area contributed by atoms with E-state index in [1.807, 2.05) is 0 Å². The SMILES string of the molecule is CC(=O)O.O=C(CC(=O)OC(CO)COC(=O)c1ccco1)OCC(COC(=O)c1ccco1)OC(=O)CC(=O)OCC(O)COC(=O)c1ccco1.O=C(OCC(O)CO)c1ccco1.O=C=O. The van der Waals surface area contributed by atoms with Crippen LogP contribution in [0.4, 0.5) is 0 Å². The monoisotopic (exact) mass is 984 g/mol. The van der Waals surface area contributed by atoms with Crippen molar-refractivity contribution in [1.29, 1.82) is 0 Å². The Bertz CT molecular complexity index is 2160. The zero-order chi connectivity index (χ0) is 51.6. The molecule has 0 aliphatic rings. The summed E-state index contributed by atoms with van der Waals surface area (Å²) in [5.41, 5.74) is 0. The van der Waals surface area contributed by atoms with Crippen LogP contribution in [0, 0.1) is 0 Å². The molecule has 5 N–H and O–H groups in total. The Balaban J connectivity index is 0.000000986. The summed E-state index contributed by atoms with van der Waals surface area (Å²) in [6.45, 7) is -3.57. The minimum Gasteiger partial charge on any atom is -0.481 e. The molecule has 4 aromatic rings. The van der Waals surface area contributed by atoms with Gasteiger partial charge in [0.05, 0.1) is 38.3 Å². The van der Waals surface area contributed by atoms with Gasteiger partial charge in [-0.15, -0.1) is 0 Å². The average Bonchev–Trinajstić information content (AvgIpc) is 4.18. The molecule has 69 heavy (non-hydrogen) atoms. The van der Waals surface area contributed by atoms with Crippen LogP contribution in [0.5, 0.6) is 0 Å². The van der Waals surface area contributed by atoms with Crippen LogP contribution in [0.2, 0.25) is 0 Å². The Morgan fingerprint density at radius 2 is 0.768 bits per heavy atom. The van der Waals surface area contributed by atoms with E-state index in [0.717, 1.165) is 6.92 Å². The van der Waals surface area contributed by atoms with Crippen molar-refractivity contribution in [1.82, 2.24) is 0 Å². The van der Waals surface area contributed by atoms with Gasteiger partial charge in [-0.3, -0.25) is 24.0 Å². The first kappa shape index (κ1) is 58.6. The summed E-state index contributed by atoms with van der Waals surface area (Å²) in [4.78, 5) is 121. The Hall–Kier alpha value is -8.43. The summed E-state index contributed by atoms with van der Waals surface area (Å²) in [5.74, 6) is -9.30. The minimum atomic E-state index is -1.49. The topological polar surface area (TPSA) is 415 Å². The van der Waals surface area contributed by atoms with Crippen molar-refractivity contribution >= 4 is 59.9 Å². The van der Waals surface area contributed by atoms with Crippen LogP contribution < -0.4 is 0 Å². The lowest BCUT2D eigenvalue weighted by Gasteiger charge is -2.18. The highest BCUT2D eigenvalue weighted by atomic mass is 16.6. The number of aliphatic hydroxyl groups is 4. The molecule has 28 heteroatoms. The Kier molecular flexibility index (Phi) is 28.8. The van der Waals surface area contributed by atoms with Crippen LogP contribution in [-0.4, -0.2) is 163 Å². The third-order valence-corrected chi connectivity index (χ3v) is 6.96. The van der Waals surface area contributed by atoms with E-state index in [4.69, 9.17) is 80.5 Å². The number of hydrogen-bond donors (Lipinski definition) is 5. The van der Waals surface area contributed by atoms with Crippen molar-refractivity contribution in [2.45, 2.75) is 44.2 Å². The highest BCUT2D eigenvalue weighted by Gasteiger charge is 2.26. The third kappa shape index (κ3) is 27.0. The van der Waals surface area contributed by atoms with E-state index in [1.54, 1.807) is 6.07 Å². The van der Waals surface area contributed by atoms with E-state index in [0.29, 0.717) is 0 Å². The summed E-state index contributed by atoms with van der Waals surface area (Å²) < 4.78 is 58.3. The van der Waals surface area contributed by atoms with Crippen molar-refractivity contribution in [2.75, 3.05) is 52.9 Å². The molecule has 0 aliphatic carbocycles. The standard InChI is InChI=1S/C30H30O19.C8H10O5.C2H4O2.CO2/c31-12-19(15-46-29(38)22-5-2-8-41-22)48-26(35)11-25(34)44-16-20(17-47-30(39)23-6-3-9-42-23)49-27(36)10-24(33)43-13-18(32)14-45-28(37)21-4-1-7-40-21;9-4-6(10)5-13-8(11)7-2-1-3-12-7;1-2(3)4;2-1-3/h1-9,18-20,31-32H,10-17H2;1-3,6,9-10H,4-5H2;1H3,(H,3,4);. The van der Waals surface area contributed by atoms with Gasteiger partial charge in [-0.25, -0.2) is 19.2 Å². The molecule has 0 saturated heterocycles. The summed E-state index contributed by atoms with van der Waals surface area (Å²) in [7, 11) is 0. The number of rotatable bonds is 24. The van der Waals surface area contributed by atoms with Gasteiger partial charge in [-0.1, -0.05) is 0 Å². The maximum Gasteiger partial charge on any atom is 0.374 e. The molecular formula is C41H44O28. The summed E-state index contributed by atoms with van der Waals surface area (Å²) in [6, 6.07) is 11.3. The van der Waals surface area contributed by atoms with Crippen LogP contribution in [0.15, 0.2) is 91.3 Å². The lowest BCUT2D eigenvalue weighted by Crippen LogP contribution is -2.33. The van der Waals surface area contributed by atoms with Gasteiger partial charge in [0.1, 0.15) is 64.7 Å². The van der Waals surface area contributed by atoms with E-state index in [1.165, 1.54) is 67.5 Å². The predicted octanol–water partition coefficient (Wildman–Crippen LogP) is -0.323. The highest BCUT2D eigenvalue weighted by molar-refractivity contribution is 5.92. The first-order valence-corrected chi connectivity index (χ1v) is 19.2. The molecule has 4 atom stereocenters. The maximum atomic E-state index is 12.4. The van der Waals surface area contributed by atoms with Crippen LogP contribution in [0.25, 0.3) is 0 Å². The number of furan rings is 4. The number of aliphatic carboxylic acids is 1. The summed E-state index contributed by atoms with van der Waals surface area (Å²) in [6.07, 6.45) is -2.01. The molecule has 4 aromatic heterocycles. The molecule has 0 radical (unpaired) electrons. The number of carboxylic acids is 1. The zero-order valence-electron chi connectivity index (χ0n) is 35.9. The molecule has 0 spiro atoms. The van der Waals surface area contributed by atoms with E-state index in [2.05, 4.69) is 4.74 Å². The number of esters is 8. The molecule has 0 fully saturated rings. The van der Waals surface area contributed by atoms with Crippen molar-refractivity contribution < 1.29 is 134 Å². The Morgan fingerprint density at radius 3 is 1.10 bits per heavy atom. The first-order chi connectivity index (χ1) is 32.9. The van der Waals surface area contributed by atoms with Crippen LogP contribution in [0.3, 0.4) is 0 Å². The van der Waals surface area contributed by atoms with Crippen molar-refractivity contribution in [3.05, 3.63) is 96.6 Å². The largest absolute Gasteiger partial charge is 0.481 e. The third-order valence-electron chi connectivity index (χ3n) is 6.96. The van der Waals surface area contributed by atoms with Gasteiger partial charge < -0.3 is 81.1 Å². The molecule has 0 aliphatic heterocycles. The Morgan fingerprint density at radius 1 is 0.478 bits per heavy atom. The minimum absolute atomic E-state index is 0.0742. The number of aliphatic hydroxyl groups excluding tert-OH is 4. The quantitative estimate of drug-likeness (QED) is 0.0341. The molecule has 4 rings (SSSR count). The van der Waals surface area contributed by atoms with Gasteiger partial charge in [-0.05, 0) is 48.5 Å². The fourth-order valence-electron chi connectivity index (χ4n) is 4.05. The fourth-order valence-corrected chi connectivity index (χ4v) is 4.05. The normalized spacial score (nSPS) is 11.7. The van der Waals surface area contributed by atoms with Crippen molar-refractivity contribution in [3.63, 3.8) is 0 Å². The fraction of sp³-hybridized carbons (Fsp3) is 0.366. The lowest BCUT2D eigenvalue weighted by atomic mass is 10.3. The number of hydrogen-bond acceptors (Lipinski definition) is 27. The summed E-state index contributed by atoms with van der Waals surface area (Å²) >= 11 is 0. The van der Waals surface area contributed by atoms with E-state index in [-0.39, 0.29) is 35.8 Å². The molecule has 0 amide bonds. The number of carboxylic acid groups (broad SMARTS) is 1. The molecule has 28 nitrogen and oxygen atoms in total. The molecular weight excluding hydrogens is 940 g/mol. The Labute approximate surface area is 387 Å². The molecule has 0 bridgehead atoms. The van der Waals surface area contributed by atoms with Crippen LogP contribution in [-0.2, 0) is 71.5 Å². The van der Waals surface area contributed by atoms with Crippen LogP contribution >= 0.6 is 0 Å². The molecule has 4 heterocycles. The second-order valence-corrected chi connectivity index (χ2v) is 12.5. The molecule has 4 unspecified atom stereocenters. The molecule has 0 aromatic carbocycles. The molecule has 376 valence electrons. The molecule has 0 saturated carbocycles. The number of carbonyl (C=O) groups excluding carboxylic acids is 10. The second kappa shape index (κ2) is 34.0. The zero-order valence-corrected chi connectivity index (χ0v) is 35.9. The number of ether oxygens (including phenoxy) is 8. The van der Waals surface area contributed by atoms with E-state index < -0.39 is 137 Å². The average molecular weight is 985 g/mol. The predicted molar refractivity (Wildman–Crippen MR) is 211 cm³/mol. The van der Waals surface area contributed by atoms with Crippen molar-refractivity contribution in [3.8, 4) is 0 Å². The van der Waals surface area contributed by atoms with E-state index in [9.17, 15) is 48.6 Å². The van der Waals surface area contributed by atoms with Gasteiger partial charge in [-0.2, -0.15) is 9.59 Å². The summed E-state index contributed by atoms with van der Waals surface area (Å²) in [5, 5.41) is 44.0. The van der Waals surface area contributed by atoms with Gasteiger partial charge in [0, 0.05) is 6.92 Å². The lowest BCUT2D eigenvalue weighted by molar-refractivity contribution is -0.192. The second-order valence-electron chi connectivity index (χ2n) is 12.5. The highest BCUT2D eigenvalue weighted by Crippen LogP contribution is 2.09. The smallest absolute Gasteiger partial charge is 0.374 e.